The summed E-state index contributed by atoms with van der Waals surface area (Å²) in [6, 6.07) is 8.36. The molecular formula is C21H32IN5O3. The molecule has 0 aromatic heterocycles. The molecule has 2 saturated heterocycles. The van der Waals surface area contributed by atoms with Crippen molar-refractivity contribution in [2.24, 2.45) is 4.99 Å². The molecule has 1 aromatic carbocycles. The average molecular weight is 529 g/mol. The predicted molar refractivity (Wildman–Crippen MR) is 127 cm³/mol. The predicted octanol–water partition coefficient (Wildman–Crippen LogP) is 2.28. The lowest BCUT2D eigenvalue weighted by Crippen LogP contribution is -2.53. The Morgan fingerprint density at radius 3 is 2.27 bits per heavy atom. The molecule has 0 unspecified atom stereocenters. The van der Waals surface area contributed by atoms with Gasteiger partial charge in [-0.2, -0.15) is 0 Å². The largest absolute Gasteiger partial charge is 0.450 e. The number of halogens is 1. The van der Waals surface area contributed by atoms with E-state index in [1.54, 1.807) is 11.9 Å². The topological polar surface area (TPSA) is 77.5 Å². The second-order valence-electron chi connectivity index (χ2n) is 7.31. The number of guanidine groups is 1. The number of hydrogen-bond donors (Lipinski definition) is 1. The van der Waals surface area contributed by atoms with E-state index in [4.69, 9.17) is 4.74 Å². The molecule has 0 atom stereocenters. The van der Waals surface area contributed by atoms with Gasteiger partial charge in [-0.25, -0.2) is 4.79 Å². The number of hydrogen-bond acceptors (Lipinski definition) is 4. The molecule has 0 radical (unpaired) electrons. The summed E-state index contributed by atoms with van der Waals surface area (Å²) < 4.78 is 5.07. The lowest BCUT2D eigenvalue weighted by atomic mass is 10.1. The fraction of sp³-hybridized carbons (Fsp3) is 0.571. The van der Waals surface area contributed by atoms with Gasteiger partial charge in [-0.1, -0.05) is 24.3 Å². The smallest absolute Gasteiger partial charge is 0.409 e. The van der Waals surface area contributed by atoms with E-state index in [9.17, 15) is 9.59 Å². The summed E-state index contributed by atoms with van der Waals surface area (Å²) in [5, 5.41) is 3.40. The van der Waals surface area contributed by atoms with Crippen LogP contribution in [-0.4, -0.2) is 79.0 Å². The van der Waals surface area contributed by atoms with Crippen molar-refractivity contribution in [2.45, 2.75) is 32.9 Å². The number of carbonyl (C=O) groups excluding carboxylic acids is 2. The normalized spacial score (nSPS) is 17.1. The van der Waals surface area contributed by atoms with E-state index in [-0.39, 0.29) is 36.0 Å². The maximum absolute atomic E-state index is 11.8. The van der Waals surface area contributed by atoms with Gasteiger partial charge in [-0.05, 0) is 24.5 Å². The maximum atomic E-state index is 11.8. The number of piperazine rings is 1. The number of rotatable bonds is 5. The number of benzene rings is 1. The molecule has 0 saturated carbocycles. The lowest BCUT2D eigenvalue weighted by Gasteiger charge is -2.35. The number of likely N-dealkylation sites (tertiary alicyclic amines) is 1. The molecule has 1 aromatic rings. The van der Waals surface area contributed by atoms with Crippen LogP contribution in [0.25, 0.3) is 0 Å². The first-order valence-electron chi connectivity index (χ1n) is 10.3. The summed E-state index contributed by atoms with van der Waals surface area (Å²) in [4.78, 5) is 33.8. The van der Waals surface area contributed by atoms with Crippen molar-refractivity contribution in [1.29, 1.82) is 0 Å². The quantitative estimate of drug-likeness (QED) is 0.360. The Morgan fingerprint density at radius 2 is 1.70 bits per heavy atom. The maximum Gasteiger partial charge on any atom is 0.409 e. The van der Waals surface area contributed by atoms with E-state index in [2.05, 4.69) is 39.5 Å². The molecule has 0 aliphatic carbocycles. The Kier molecular flexibility index (Phi) is 9.67. The van der Waals surface area contributed by atoms with Gasteiger partial charge in [0.2, 0.25) is 5.91 Å². The number of amides is 2. The fourth-order valence-corrected chi connectivity index (χ4v) is 3.68. The van der Waals surface area contributed by atoms with Crippen molar-refractivity contribution in [2.75, 3.05) is 46.4 Å². The average Bonchev–Trinajstić information content (AvgIpc) is 3.14. The summed E-state index contributed by atoms with van der Waals surface area (Å²) >= 11 is 0. The molecule has 0 bridgehead atoms. The highest BCUT2D eigenvalue weighted by Gasteiger charge is 2.23. The highest BCUT2D eigenvalue weighted by Crippen LogP contribution is 2.15. The molecule has 166 valence electrons. The van der Waals surface area contributed by atoms with Gasteiger partial charge < -0.3 is 24.8 Å². The summed E-state index contributed by atoms with van der Waals surface area (Å²) in [6.07, 6.45) is 1.40. The van der Waals surface area contributed by atoms with Crippen LogP contribution in [0.5, 0.6) is 0 Å². The minimum atomic E-state index is -0.245. The molecule has 9 heteroatoms. The van der Waals surface area contributed by atoms with Gasteiger partial charge in [0.1, 0.15) is 0 Å². The fourth-order valence-electron chi connectivity index (χ4n) is 3.68. The minimum absolute atomic E-state index is 0. The molecule has 2 amide bonds. The second-order valence-corrected chi connectivity index (χ2v) is 7.31. The summed E-state index contributed by atoms with van der Waals surface area (Å²) in [5.41, 5.74) is 2.32. The molecule has 2 aliphatic heterocycles. The highest BCUT2D eigenvalue weighted by molar-refractivity contribution is 14.0. The van der Waals surface area contributed by atoms with E-state index < -0.39 is 0 Å². The standard InChI is InChI=1S/C21H31N5O3.HI/c1-3-29-21(28)25-13-11-24(12-14-25)20(22-2)23-15-17-6-8-18(9-7-17)16-26-10-4-5-19(26)27;/h6-9H,3-5,10-16H2,1-2H3,(H,22,23);1H. The van der Waals surface area contributed by atoms with Crippen LogP contribution < -0.4 is 5.32 Å². The molecule has 2 heterocycles. The van der Waals surface area contributed by atoms with Crippen LogP contribution >= 0.6 is 24.0 Å². The Labute approximate surface area is 195 Å². The summed E-state index contributed by atoms with van der Waals surface area (Å²) in [7, 11) is 1.77. The minimum Gasteiger partial charge on any atom is -0.450 e. The molecule has 3 rings (SSSR count). The molecule has 2 fully saturated rings. The first-order valence-corrected chi connectivity index (χ1v) is 10.3. The van der Waals surface area contributed by atoms with Gasteiger partial charge in [-0.3, -0.25) is 9.79 Å². The number of carbonyl (C=O) groups is 2. The van der Waals surface area contributed by atoms with Gasteiger partial charge in [0.15, 0.2) is 5.96 Å². The third-order valence-electron chi connectivity index (χ3n) is 5.34. The summed E-state index contributed by atoms with van der Waals surface area (Å²) in [5.74, 6) is 1.09. The Bertz CT molecular complexity index is 733. The Hall–Kier alpha value is -2.04. The molecule has 30 heavy (non-hydrogen) atoms. The van der Waals surface area contributed by atoms with Crippen molar-refractivity contribution in [3.05, 3.63) is 35.4 Å². The highest BCUT2D eigenvalue weighted by atomic mass is 127. The van der Waals surface area contributed by atoms with Crippen molar-refractivity contribution in [1.82, 2.24) is 20.0 Å². The number of nitrogens with zero attached hydrogens (tertiary/aromatic N) is 4. The molecule has 2 aliphatic rings. The second kappa shape index (κ2) is 12.0. The third kappa shape index (κ3) is 6.48. The third-order valence-corrected chi connectivity index (χ3v) is 5.34. The van der Waals surface area contributed by atoms with Gasteiger partial charge in [0, 0.05) is 59.3 Å². The van der Waals surface area contributed by atoms with Crippen LogP contribution in [0, 0.1) is 0 Å². The van der Waals surface area contributed by atoms with Gasteiger partial charge in [0.05, 0.1) is 6.61 Å². The van der Waals surface area contributed by atoms with Crippen molar-refractivity contribution >= 4 is 41.9 Å². The van der Waals surface area contributed by atoms with E-state index in [0.717, 1.165) is 43.1 Å². The number of ether oxygens (including phenoxy) is 1. The van der Waals surface area contributed by atoms with Gasteiger partial charge >= 0.3 is 6.09 Å². The Morgan fingerprint density at radius 1 is 1.07 bits per heavy atom. The first kappa shape index (κ1) is 24.2. The van der Waals surface area contributed by atoms with Crippen molar-refractivity contribution in [3.63, 3.8) is 0 Å². The molecular weight excluding hydrogens is 497 g/mol. The first-order chi connectivity index (χ1) is 14.1. The van der Waals surface area contributed by atoms with Gasteiger partial charge in [0.25, 0.3) is 0 Å². The molecule has 8 nitrogen and oxygen atoms in total. The van der Waals surface area contributed by atoms with Crippen LogP contribution in [0.3, 0.4) is 0 Å². The zero-order valence-corrected chi connectivity index (χ0v) is 20.1. The van der Waals surface area contributed by atoms with E-state index in [1.165, 1.54) is 0 Å². The van der Waals surface area contributed by atoms with E-state index >= 15 is 0 Å². The van der Waals surface area contributed by atoms with Crippen LogP contribution in [0.4, 0.5) is 4.79 Å². The number of aliphatic imine (C=N–C) groups is 1. The lowest BCUT2D eigenvalue weighted by molar-refractivity contribution is -0.128. The summed E-state index contributed by atoms with van der Waals surface area (Å²) in [6.45, 7) is 7.15. The SMILES string of the molecule is CCOC(=O)N1CCN(C(=NC)NCc2ccc(CN3CCCC3=O)cc2)CC1.I. The monoisotopic (exact) mass is 529 g/mol. The van der Waals surface area contributed by atoms with Crippen LogP contribution in [0.15, 0.2) is 29.3 Å². The van der Waals surface area contributed by atoms with Crippen molar-refractivity contribution < 1.29 is 14.3 Å². The zero-order chi connectivity index (χ0) is 20.6. The Balaban J connectivity index is 0.00000320. The van der Waals surface area contributed by atoms with E-state index in [1.807, 2.05) is 11.8 Å². The molecule has 0 spiro atoms. The van der Waals surface area contributed by atoms with Crippen LogP contribution in [-0.2, 0) is 22.6 Å². The van der Waals surface area contributed by atoms with E-state index in [0.29, 0.717) is 39.2 Å². The molecule has 1 N–H and O–H groups in total. The number of nitrogens with one attached hydrogen (secondary N) is 1. The van der Waals surface area contributed by atoms with Crippen LogP contribution in [0.2, 0.25) is 0 Å². The van der Waals surface area contributed by atoms with Gasteiger partial charge in [-0.15, -0.1) is 24.0 Å². The van der Waals surface area contributed by atoms with Crippen LogP contribution in [0.1, 0.15) is 30.9 Å². The zero-order valence-electron chi connectivity index (χ0n) is 17.8. The van der Waals surface area contributed by atoms with Crippen molar-refractivity contribution in [3.8, 4) is 0 Å².